The number of hydrogen-bond acceptors (Lipinski definition) is 1. The summed E-state index contributed by atoms with van der Waals surface area (Å²) in [4.78, 5) is 7.30. The Bertz CT molecular complexity index is 267. The van der Waals surface area contributed by atoms with Crippen molar-refractivity contribution in [3.63, 3.8) is 0 Å². The van der Waals surface area contributed by atoms with Crippen LogP contribution in [0.15, 0.2) is 4.99 Å². The first kappa shape index (κ1) is 17.1. The Morgan fingerprint density at radius 3 is 2.37 bits per heavy atom. The van der Waals surface area contributed by atoms with Gasteiger partial charge in [0.1, 0.15) is 0 Å². The summed E-state index contributed by atoms with van der Waals surface area (Å²) in [5.41, 5.74) is 0. The van der Waals surface area contributed by atoms with Gasteiger partial charge in [0.15, 0.2) is 5.96 Å². The smallest absolute Gasteiger partial charge is 0.193 e. The van der Waals surface area contributed by atoms with Crippen LogP contribution >= 0.6 is 24.0 Å². The van der Waals surface area contributed by atoms with Gasteiger partial charge >= 0.3 is 0 Å². The van der Waals surface area contributed by atoms with E-state index in [4.69, 9.17) is 4.99 Å². The topological polar surface area (TPSA) is 27.6 Å². The van der Waals surface area contributed by atoms with Gasteiger partial charge in [-0.1, -0.05) is 19.8 Å². The van der Waals surface area contributed by atoms with Gasteiger partial charge in [-0.2, -0.15) is 0 Å². The summed E-state index contributed by atoms with van der Waals surface area (Å²) in [5, 5.41) is 3.45. The van der Waals surface area contributed by atoms with Crippen molar-refractivity contribution >= 4 is 29.9 Å². The quantitative estimate of drug-likeness (QED) is 0.462. The minimum atomic E-state index is 0. The summed E-state index contributed by atoms with van der Waals surface area (Å²) in [6.45, 7) is 8.94. The van der Waals surface area contributed by atoms with Crippen molar-refractivity contribution in [2.45, 2.75) is 52.4 Å². The molecule has 2 aliphatic rings. The molecule has 1 N–H and O–H groups in total. The van der Waals surface area contributed by atoms with E-state index in [1.807, 2.05) is 0 Å². The van der Waals surface area contributed by atoms with E-state index >= 15 is 0 Å². The number of likely N-dealkylation sites (tertiary alicyclic amines) is 1. The maximum Gasteiger partial charge on any atom is 0.193 e. The summed E-state index contributed by atoms with van der Waals surface area (Å²) in [6.07, 6.45) is 8.21. The average Bonchev–Trinajstić information content (AvgIpc) is 2.90. The average molecular weight is 379 g/mol. The van der Waals surface area contributed by atoms with Gasteiger partial charge in [0, 0.05) is 26.2 Å². The largest absolute Gasteiger partial charge is 0.357 e. The van der Waals surface area contributed by atoms with Crippen LogP contribution in [0.4, 0.5) is 0 Å². The zero-order chi connectivity index (χ0) is 12.8. The number of guanidine groups is 1. The van der Waals surface area contributed by atoms with E-state index in [1.54, 1.807) is 0 Å². The molecule has 1 saturated carbocycles. The fourth-order valence-corrected chi connectivity index (χ4v) is 3.08. The number of halogens is 1. The highest BCUT2D eigenvalue weighted by Gasteiger charge is 2.19. The molecule has 2 fully saturated rings. The Labute approximate surface area is 135 Å². The molecule has 0 aromatic rings. The molecule has 1 aliphatic carbocycles. The highest BCUT2D eigenvalue weighted by atomic mass is 127. The lowest BCUT2D eigenvalue weighted by atomic mass is 9.83. The molecule has 2 rings (SSSR count). The van der Waals surface area contributed by atoms with Crippen molar-refractivity contribution in [3.8, 4) is 0 Å². The van der Waals surface area contributed by atoms with Crippen LogP contribution in [-0.2, 0) is 0 Å². The molecule has 0 bridgehead atoms. The summed E-state index contributed by atoms with van der Waals surface area (Å²) in [7, 11) is 0. The fraction of sp³-hybridized carbons (Fsp3) is 0.933. The lowest BCUT2D eigenvalue weighted by Gasteiger charge is -2.26. The molecule has 0 unspecified atom stereocenters. The Morgan fingerprint density at radius 2 is 1.79 bits per heavy atom. The van der Waals surface area contributed by atoms with E-state index < -0.39 is 0 Å². The molecule has 0 aromatic heterocycles. The van der Waals surface area contributed by atoms with Crippen LogP contribution in [0.2, 0.25) is 0 Å². The minimum Gasteiger partial charge on any atom is -0.357 e. The zero-order valence-corrected chi connectivity index (χ0v) is 14.9. The second-order valence-electron chi connectivity index (χ2n) is 6.01. The Morgan fingerprint density at radius 1 is 1.16 bits per heavy atom. The van der Waals surface area contributed by atoms with E-state index in [1.165, 1.54) is 51.6 Å². The number of rotatable bonds is 3. The molecule has 1 saturated heterocycles. The van der Waals surface area contributed by atoms with E-state index in [2.05, 4.69) is 24.1 Å². The third-order valence-corrected chi connectivity index (χ3v) is 4.38. The van der Waals surface area contributed by atoms with E-state index in [9.17, 15) is 0 Å². The van der Waals surface area contributed by atoms with E-state index in [0.29, 0.717) is 0 Å². The molecule has 112 valence electrons. The number of aliphatic imine (C=N–C) groups is 1. The molecule has 0 radical (unpaired) electrons. The van der Waals surface area contributed by atoms with Crippen LogP contribution in [0.25, 0.3) is 0 Å². The first-order valence-corrected chi connectivity index (χ1v) is 7.83. The molecule has 1 heterocycles. The van der Waals surface area contributed by atoms with E-state index in [0.717, 1.165) is 30.9 Å². The fourth-order valence-electron chi connectivity index (χ4n) is 3.08. The first-order valence-electron chi connectivity index (χ1n) is 7.83. The van der Waals surface area contributed by atoms with Crippen LogP contribution in [0.3, 0.4) is 0 Å². The second-order valence-corrected chi connectivity index (χ2v) is 6.01. The van der Waals surface area contributed by atoms with Gasteiger partial charge in [-0.3, -0.25) is 4.99 Å². The molecule has 0 atom stereocenters. The van der Waals surface area contributed by atoms with Crippen molar-refractivity contribution in [2.75, 3.05) is 26.2 Å². The monoisotopic (exact) mass is 379 g/mol. The second kappa shape index (κ2) is 9.03. The Balaban J connectivity index is 0.00000180. The van der Waals surface area contributed by atoms with Gasteiger partial charge in [0.2, 0.25) is 0 Å². The van der Waals surface area contributed by atoms with Crippen molar-refractivity contribution in [1.29, 1.82) is 0 Å². The van der Waals surface area contributed by atoms with Crippen LogP contribution in [0.5, 0.6) is 0 Å². The van der Waals surface area contributed by atoms with Crippen molar-refractivity contribution in [3.05, 3.63) is 0 Å². The standard InChI is InChI=1S/C15H29N3.HI/c1-3-16-15(18-10-4-5-11-18)17-12-14-8-6-13(2)7-9-14;/h13-14H,3-12H2,1-2H3,(H,16,17);1H. The molecular formula is C15H30IN3. The highest BCUT2D eigenvalue weighted by Crippen LogP contribution is 2.28. The van der Waals surface area contributed by atoms with Crippen LogP contribution in [0.1, 0.15) is 52.4 Å². The van der Waals surface area contributed by atoms with Crippen LogP contribution in [-0.4, -0.2) is 37.0 Å². The molecule has 4 heteroatoms. The first-order chi connectivity index (χ1) is 8.79. The van der Waals surface area contributed by atoms with Gasteiger partial charge in [-0.15, -0.1) is 24.0 Å². The Hall–Kier alpha value is 0. The van der Waals surface area contributed by atoms with Crippen molar-refractivity contribution in [1.82, 2.24) is 10.2 Å². The van der Waals surface area contributed by atoms with Crippen molar-refractivity contribution in [2.24, 2.45) is 16.8 Å². The normalized spacial score (nSPS) is 28.1. The molecular weight excluding hydrogens is 349 g/mol. The van der Waals surface area contributed by atoms with Gasteiger partial charge in [-0.05, 0) is 44.4 Å². The third-order valence-electron chi connectivity index (χ3n) is 4.38. The highest BCUT2D eigenvalue weighted by molar-refractivity contribution is 14.0. The lowest BCUT2D eigenvalue weighted by Crippen LogP contribution is -2.40. The Kier molecular flexibility index (Phi) is 8.11. The number of hydrogen-bond donors (Lipinski definition) is 1. The summed E-state index contributed by atoms with van der Waals surface area (Å²) in [5.74, 6) is 2.93. The molecule has 3 nitrogen and oxygen atoms in total. The zero-order valence-electron chi connectivity index (χ0n) is 12.5. The van der Waals surface area contributed by atoms with Gasteiger partial charge in [-0.25, -0.2) is 0 Å². The molecule has 0 aromatic carbocycles. The van der Waals surface area contributed by atoms with Crippen molar-refractivity contribution < 1.29 is 0 Å². The van der Waals surface area contributed by atoms with Gasteiger partial charge in [0.25, 0.3) is 0 Å². The molecule has 1 aliphatic heterocycles. The maximum atomic E-state index is 4.88. The molecule has 19 heavy (non-hydrogen) atoms. The van der Waals surface area contributed by atoms with Crippen LogP contribution in [0, 0.1) is 11.8 Å². The molecule has 0 amide bonds. The summed E-state index contributed by atoms with van der Waals surface area (Å²) >= 11 is 0. The van der Waals surface area contributed by atoms with Gasteiger partial charge < -0.3 is 10.2 Å². The number of nitrogens with one attached hydrogen (secondary N) is 1. The minimum absolute atomic E-state index is 0. The van der Waals surface area contributed by atoms with Crippen LogP contribution < -0.4 is 5.32 Å². The SMILES string of the molecule is CCNC(=NCC1CCC(C)CC1)N1CCCC1.I. The summed E-state index contributed by atoms with van der Waals surface area (Å²) in [6, 6.07) is 0. The summed E-state index contributed by atoms with van der Waals surface area (Å²) < 4.78 is 0. The third kappa shape index (κ3) is 5.48. The predicted octanol–water partition coefficient (Wildman–Crippen LogP) is 3.49. The maximum absolute atomic E-state index is 4.88. The predicted molar refractivity (Wildman–Crippen MR) is 93.3 cm³/mol. The van der Waals surface area contributed by atoms with Gasteiger partial charge in [0.05, 0.1) is 0 Å². The molecule has 0 spiro atoms. The van der Waals surface area contributed by atoms with E-state index in [-0.39, 0.29) is 24.0 Å². The number of nitrogens with zero attached hydrogens (tertiary/aromatic N) is 2. The lowest BCUT2D eigenvalue weighted by molar-refractivity contribution is 0.295.